The number of carbonyl (C=O) groups is 1. The van der Waals surface area contributed by atoms with E-state index in [2.05, 4.69) is 4.74 Å². The second-order valence-electron chi connectivity index (χ2n) is 5.83. The van der Waals surface area contributed by atoms with Crippen molar-refractivity contribution in [1.82, 2.24) is 4.57 Å². The highest BCUT2D eigenvalue weighted by Gasteiger charge is 2.30. The van der Waals surface area contributed by atoms with Crippen LogP contribution in [0.1, 0.15) is 13.3 Å². The standard InChI is InChI=1S/C19H16F3NO5/c1-2-26-17(24)9-10-23-15-11-13(5-8-16(15)27-18(23)25)12-3-6-14(7-4-12)28-19(20,21)22/h3-8,11H,2,9-10H2,1H3. The van der Waals surface area contributed by atoms with Gasteiger partial charge in [-0.3, -0.25) is 9.36 Å². The maximum atomic E-state index is 12.3. The number of ether oxygens (including phenoxy) is 2. The molecule has 1 heterocycles. The van der Waals surface area contributed by atoms with Gasteiger partial charge in [0.2, 0.25) is 0 Å². The van der Waals surface area contributed by atoms with E-state index in [1.165, 1.54) is 28.8 Å². The van der Waals surface area contributed by atoms with Gasteiger partial charge in [0.15, 0.2) is 5.58 Å². The van der Waals surface area contributed by atoms with Gasteiger partial charge in [-0.05, 0) is 42.3 Å². The van der Waals surface area contributed by atoms with E-state index in [1.807, 2.05) is 0 Å². The molecule has 0 unspecified atom stereocenters. The van der Waals surface area contributed by atoms with Crippen LogP contribution in [0, 0.1) is 0 Å². The monoisotopic (exact) mass is 395 g/mol. The van der Waals surface area contributed by atoms with Gasteiger partial charge < -0.3 is 13.9 Å². The zero-order valence-corrected chi connectivity index (χ0v) is 14.8. The highest BCUT2D eigenvalue weighted by atomic mass is 19.4. The number of halogens is 3. The average Bonchev–Trinajstić information content (AvgIpc) is 2.94. The fourth-order valence-corrected chi connectivity index (χ4v) is 2.74. The first-order valence-corrected chi connectivity index (χ1v) is 8.42. The highest BCUT2D eigenvalue weighted by Crippen LogP contribution is 2.28. The summed E-state index contributed by atoms with van der Waals surface area (Å²) in [6, 6.07) is 10.3. The molecule has 28 heavy (non-hydrogen) atoms. The number of aryl methyl sites for hydroxylation is 1. The number of nitrogens with zero attached hydrogens (tertiary/aromatic N) is 1. The number of alkyl halides is 3. The predicted octanol–water partition coefficient (Wildman–Crippen LogP) is 4.11. The molecule has 0 aliphatic heterocycles. The Hall–Kier alpha value is -3.23. The highest BCUT2D eigenvalue weighted by molar-refractivity contribution is 5.81. The number of rotatable bonds is 6. The van der Waals surface area contributed by atoms with Crippen molar-refractivity contribution in [3.63, 3.8) is 0 Å². The third kappa shape index (κ3) is 4.54. The molecule has 0 bridgehead atoms. The lowest BCUT2D eigenvalue weighted by Gasteiger charge is -2.09. The van der Waals surface area contributed by atoms with Crippen molar-refractivity contribution in [2.75, 3.05) is 6.61 Å². The quantitative estimate of drug-likeness (QED) is 0.588. The van der Waals surface area contributed by atoms with Crippen molar-refractivity contribution in [3.05, 3.63) is 53.0 Å². The Balaban J connectivity index is 1.88. The van der Waals surface area contributed by atoms with Gasteiger partial charge in [-0.15, -0.1) is 13.2 Å². The van der Waals surface area contributed by atoms with Gasteiger partial charge in [-0.2, -0.15) is 0 Å². The molecular weight excluding hydrogens is 379 g/mol. The Kier molecular flexibility index (Phi) is 5.43. The van der Waals surface area contributed by atoms with Gasteiger partial charge >= 0.3 is 18.1 Å². The maximum Gasteiger partial charge on any atom is 0.573 e. The van der Waals surface area contributed by atoms with Crippen LogP contribution in [0.3, 0.4) is 0 Å². The predicted molar refractivity (Wildman–Crippen MR) is 93.8 cm³/mol. The third-order valence-corrected chi connectivity index (χ3v) is 3.93. The summed E-state index contributed by atoms with van der Waals surface area (Å²) >= 11 is 0. The summed E-state index contributed by atoms with van der Waals surface area (Å²) in [6.45, 7) is 2.03. The van der Waals surface area contributed by atoms with Crippen LogP contribution in [0.2, 0.25) is 0 Å². The van der Waals surface area contributed by atoms with Crippen molar-refractivity contribution < 1.29 is 31.9 Å². The van der Waals surface area contributed by atoms with Crippen molar-refractivity contribution in [3.8, 4) is 16.9 Å². The minimum atomic E-state index is -4.76. The number of hydrogen-bond acceptors (Lipinski definition) is 5. The zero-order chi connectivity index (χ0) is 20.3. The van der Waals surface area contributed by atoms with Gasteiger partial charge in [0.1, 0.15) is 5.75 Å². The van der Waals surface area contributed by atoms with E-state index in [0.29, 0.717) is 22.2 Å². The van der Waals surface area contributed by atoms with E-state index in [4.69, 9.17) is 9.15 Å². The van der Waals surface area contributed by atoms with Gasteiger partial charge in [-0.1, -0.05) is 18.2 Å². The molecule has 0 saturated carbocycles. The molecule has 148 valence electrons. The molecule has 0 saturated heterocycles. The van der Waals surface area contributed by atoms with Gasteiger partial charge in [-0.25, -0.2) is 4.79 Å². The zero-order valence-electron chi connectivity index (χ0n) is 14.8. The van der Waals surface area contributed by atoms with Gasteiger partial charge in [0.05, 0.1) is 18.5 Å². The molecule has 6 nitrogen and oxygen atoms in total. The van der Waals surface area contributed by atoms with E-state index in [0.717, 1.165) is 0 Å². The molecule has 3 aromatic rings. The fourth-order valence-electron chi connectivity index (χ4n) is 2.74. The Labute approximate surface area is 157 Å². The minimum Gasteiger partial charge on any atom is -0.466 e. The summed E-state index contributed by atoms with van der Waals surface area (Å²) < 4.78 is 52.0. The number of aromatic nitrogens is 1. The lowest BCUT2D eigenvalue weighted by molar-refractivity contribution is -0.274. The third-order valence-electron chi connectivity index (χ3n) is 3.93. The van der Waals surface area contributed by atoms with Gasteiger partial charge in [0, 0.05) is 6.54 Å². The molecule has 3 rings (SSSR count). The van der Waals surface area contributed by atoms with Crippen LogP contribution in [0.5, 0.6) is 5.75 Å². The molecule has 1 aromatic heterocycles. The number of benzene rings is 2. The normalized spacial score (nSPS) is 11.6. The topological polar surface area (TPSA) is 70.7 Å². The van der Waals surface area contributed by atoms with Crippen LogP contribution in [-0.2, 0) is 16.1 Å². The van der Waals surface area contributed by atoms with Crippen molar-refractivity contribution in [2.45, 2.75) is 26.3 Å². The van der Waals surface area contributed by atoms with Crippen molar-refractivity contribution in [2.24, 2.45) is 0 Å². The SMILES string of the molecule is CCOC(=O)CCn1c(=O)oc2ccc(-c3ccc(OC(F)(F)F)cc3)cc21. The Morgan fingerprint density at radius 3 is 2.43 bits per heavy atom. The summed E-state index contributed by atoms with van der Waals surface area (Å²) in [7, 11) is 0. The molecule has 0 radical (unpaired) electrons. The number of carbonyl (C=O) groups excluding carboxylic acids is 1. The molecule has 0 atom stereocenters. The lowest BCUT2D eigenvalue weighted by Crippen LogP contribution is -2.17. The second kappa shape index (κ2) is 7.79. The molecule has 0 spiro atoms. The first-order valence-electron chi connectivity index (χ1n) is 8.42. The smallest absolute Gasteiger partial charge is 0.466 e. The number of fused-ring (bicyclic) bond motifs is 1. The molecule has 0 fully saturated rings. The van der Waals surface area contributed by atoms with E-state index >= 15 is 0 Å². The second-order valence-corrected chi connectivity index (χ2v) is 5.83. The Morgan fingerprint density at radius 2 is 1.79 bits per heavy atom. The maximum absolute atomic E-state index is 12.3. The van der Waals surface area contributed by atoms with E-state index in [9.17, 15) is 22.8 Å². The average molecular weight is 395 g/mol. The van der Waals surface area contributed by atoms with Crippen molar-refractivity contribution in [1.29, 1.82) is 0 Å². The van der Waals surface area contributed by atoms with Crippen LogP contribution < -0.4 is 10.5 Å². The largest absolute Gasteiger partial charge is 0.573 e. The number of oxazole rings is 1. The molecule has 0 N–H and O–H groups in total. The van der Waals surface area contributed by atoms with Crippen LogP contribution >= 0.6 is 0 Å². The van der Waals surface area contributed by atoms with E-state index in [1.54, 1.807) is 25.1 Å². The Morgan fingerprint density at radius 1 is 1.11 bits per heavy atom. The molecule has 9 heteroatoms. The Bertz CT molecular complexity index is 1030. The molecular formula is C19H16F3NO5. The first-order chi connectivity index (χ1) is 13.3. The van der Waals surface area contributed by atoms with Crippen LogP contribution in [0.4, 0.5) is 13.2 Å². The summed E-state index contributed by atoms with van der Waals surface area (Å²) in [6.07, 6.45) is -4.75. The minimum absolute atomic E-state index is 0.0100. The van der Waals surface area contributed by atoms with Crippen molar-refractivity contribution >= 4 is 17.1 Å². The fraction of sp³-hybridized carbons (Fsp3) is 0.263. The number of esters is 1. The number of hydrogen-bond donors (Lipinski definition) is 0. The summed E-state index contributed by atoms with van der Waals surface area (Å²) in [4.78, 5) is 23.6. The van der Waals surface area contributed by atoms with Crippen LogP contribution in [0.15, 0.2) is 51.7 Å². The molecule has 0 amide bonds. The molecule has 0 aliphatic rings. The van der Waals surface area contributed by atoms with E-state index in [-0.39, 0.29) is 25.3 Å². The summed E-state index contributed by atoms with van der Waals surface area (Å²) in [5.41, 5.74) is 2.11. The first kappa shape index (κ1) is 19.5. The van der Waals surface area contributed by atoms with Crippen LogP contribution in [-0.4, -0.2) is 23.5 Å². The van der Waals surface area contributed by atoms with Crippen LogP contribution in [0.25, 0.3) is 22.2 Å². The van der Waals surface area contributed by atoms with E-state index < -0.39 is 18.1 Å². The van der Waals surface area contributed by atoms with Gasteiger partial charge in [0.25, 0.3) is 0 Å². The molecule has 2 aromatic carbocycles. The molecule has 0 aliphatic carbocycles. The lowest BCUT2D eigenvalue weighted by atomic mass is 10.1. The summed E-state index contributed by atoms with van der Waals surface area (Å²) in [5, 5.41) is 0. The summed E-state index contributed by atoms with van der Waals surface area (Å²) in [5.74, 6) is -1.36.